The monoisotopic (exact) mass is 346 g/mol. The first-order chi connectivity index (χ1) is 9.03. The number of likely N-dealkylation sites (N-methyl/N-ethyl adjacent to an activating group) is 1. The lowest BCUT2D eigenvalue weighted by atomic mass is 9.81. The molecule has 0 spiro atoms. The first kappa shape index (κ1) is 17.2. The number of rotatable bonds is 8. The van der Waals surface area contributed by atoms with Crippen molar-refractivity contribution in [3.05, 3.63) is 20.8 Å². The minimum Gasteiger partial charge on any atom is -0.326 e. The lowest BCUT2D eigenvalue weighted by Gasteiger charge is -2.46. The van der Waals surface area contributed by atoms with Gasteiger partial charge < -0.3 is 5.73 Å². The third-order valence-electron chi connectivity index (χ3n) is 4.35. The van der Waals surface area contributed by atoms with Crippen LogP contribution in [0.4, 0.5) is 0 Å². The Morgan fingerprint density at radius 2 is 1.84 bits per heavy atom. The molecule has 0 saturated heterocycles. The fourth-order valence-corrected chi connectivity index (χ4v) is 4.69. The molecule has 0 amide bonds. The van der Waals surface area contributed by atoms with Crippen molar-refractivity contribution in [1.82, 2.24) is 4.90 Å². The van der Waals surface area contributed by atoms with Crippen LogP contribution in [-0.2, 0) is 6.42 Å². The third-order valence-corrected chi connectivity index (χ3v) is 6.07. The zero-order valence-corrected chi connectivity index (χ0v) is 15.0. The van der Waals surface area contributed by atoms with Crippen LogP contribution in [0.15, 0.2) is 15.9 Å². The Morgan fingerprint density at radius 1 is 1.26 bits per heavy atom. The van der Waals surface area contributed by atoms with Crippen molar-refractivity contribution in [3.63, 3.8) is 0 Å². The van der Waals surface area contributed by atoms with Gasteiger partial charge in [-0.1, -0.05) is 27.7 Å². The Kier molecular flexibility index (Phi) is 7.01. The molecular weight excluding hydrogens is 320 g/mol. The van der Waals surface area contributed by atoms with Crippen LogP contribution in [0, 0.1) is 0 Å². The summed E-state index contributed by atoms with van der Waals surface area (Å²) in [5.41, 5.74) is 6.74. The Labute approximate surface area is 130 Å². The first-order valence-corrected chi connectivity index (χ1v) is 8.94. The summed E-state index contributed by atoms with van der Waals surface area (Å²) in [7, 11) is 0. The molecule has 19 heavy (non-hydrogen) atoms. The number of nitrogens with two attached hydrogens (primary N) is 1. The molecule has 1 aromatic heterocycles. The maximum atomic E-state index is 6.62. The number of hydrogen-bond donors (Lipinski definition) is 1. The standard InChI is InChI=1S/C15H27BrN2S/c1-5-15(6-2,18(7-3)8-4)14(17)10-13-9-12(16)11-19-13/h9,11,14H,5-8,10,17H2,1-4H3. The Bertz CT molecular complexity index is 370. The van der Waals surface area contributed by atoms with E-state index in [9.17, 15) is 0 Å². The van der Waals surface area contributed by atoms with Crippen LogP contribution in [0.2, 0.25) is 0 Å². The fourth-order valence-electron chi connectivity index (χ4n) is 3.18. The Balaban J connectivity index is 2.91. The van der Waals surface area contributed by atoms with Gasteiger partial charge in [0.15, 0.2) is 0 Å². The van der Waals surface area contributed by atoms with Crippen LogP contribution in [0.1, 0.15) is 45.4 Å². The van der Waals surface area contributed by atoms with Crippen molar-refractivity contribution in [2.45, 2.75) is 58.5 Å². The van der Waals surface area contributed by atoms with Crippen molar-refractivity contribution >= 4 is 27.3 Å². The molecule has 110 valence electrons. The largest absolute Gasteiger partial charge is 0.326 e. The van der Waals surface area contributed by atoms with Gasteiger partial charge in [-0.25, -0.2) is 0 Å². The normalized spacial score (nSPS) is 14.1. The maximum Gasteiger partial charge on any atom is 0.0358 e. The smallest absolute Gasteiger partial charge is 0.0358 e. The third kappa shape index (κ3) is 3.81. The van der Waals surface area contributed by atoms with Gasteiger partial charge in [-0.05, 0) is 54.3 Å². The number of thiophene rings is 1. The highest BCUT2D eigenvalue weighted by Gasteiger charge is 2.37. The van der Waals surface area contributed by atoms with E-state index in [1.165, 1.54) is 9.35 Å². The quantitative estimate of drug-likeness (QED) is 0.760. The SMILES string of the molecule is CCN(CC)C(CC)(CC)C(N)Cc1cc(Br)cs1. The molecule has 0 aliphatic heterocycles. The molecule has 2 nitrogen and oxygen atoms in total. The van der Waals surface area contributed by atoms with E-state index in [0.717, 1.165) is 32.4 Å². The summed E-state index contributed by atoms with van der Waals surface area (Å²) in [6, 6.07) is 2.39. The fraction of sp³-hybridized carbons (Fsp3) is 0.733. The highest BCUT2D eigenvalue weighted by Crippen LogP contribution is 2.30. The average Bonchev–Trinajstić information content (AvgIpc) is 2.81. The van der Waals surface area contributed by atoms with Crippen molar-refractivity contribution in [3.8, 4) is 0 Å². The summed E-state index contributed by atoms with van der Waals surface area (Å²) in [5, 5.41) is 2.14. The van der Waals surface area contributed by atoms with Crippen molar-refractivity contribution in [2.24, 2.45) is 5.73 Å². The lowest BCUT2D eigenvalue weighted by Crippen LogP contribution is -2.60. The van der Waals surface area contributed by atoms with E-state index in [-0.39, 0.29) is 11.6 Å². The van der Waals surface area contributed by atoms with Gasteiger partial charge in [-0.3, -0.25) is 4.90 Å². The van der Waals surface area contributed by atoms with Gasteiger partial charge in [0.05, 0.1) is 0 Å². The zero-order valence-electron chi connectivity index (χ0n) is 12.6. The zero-order chi connectivity index (χ0) is 14.5. The maximum absolute atomic E-state index is 6.62. The van der Waals surface area contributed by atoms with Gasteiger partial charge in [-0.2, -0.15) is 0 Å². The molecule has 0 aliphatic rings. The summed E-state index contributed by atoms with van der Waals surface area (Å²) >= 11 is 5.32. The van der Waals surface area contributed by atoms with Gasteiger partial charge in [0, 0.05) is 26.3 Å². The predicted molar refractivity (Wildman–Crippen MR) is 89.9 cm³/mol. The van der Waals surface area contributed by atoms with E-state index in [4.69, 9.17) is 5.73 Å². The molecule has 0 saturated carbocycles. The van der Waals surface area contributed by atoms with Crippen LogP contribution in [-0.4, -0.2) is 29.6 Å². The van der Waals surface area contributed by atoms with Gasteiger partial charge in [0.25, 0.3) is 0 Å². The number of hydrogen-bond acceptors (Lipinski definition) is 3. The van der Waals surface area contributed by atoms with E-state index in [1.807, 2.05) is 0 Å². The second-order valence-corrected chi connectivity index (χ2v) is 6.94. The minimum absolute atomic E-state index is 0.125. The molecule has 2 N–H and O–H groups in total. The summed E-state index contributed by atoms with van der Waals surface area (Å²) in [5.74, 6) is 0. The van der Waals surface area contributed by atoms with Crippen LogP contribution in [0.25, 0.3) is 0 Å². The topological polar surface area (TPSA) is 29.3 Å². The van der Waals surface area contributed by atoms with Crippen molar-refractivity contribution < 1.29 is 0 Å². The van der Waals surface area contributed by atoms with Crippen LogP contribution >= 0.6 is 27.3 Å². The molecule has 0 radical (unpaired) electrons. The summed E-state index contributed by atoms with van der Waals surface area (Å²) in [6.45, 7) is 11.1. The van der Waals surface area contributed by atoms with Gasteiger partial charge in [0.1, 0.15) is 0 Å². The second kappa shape index (κ2) is 7.77. The molecule has 1 unspecified atom stereocenters. The number of nitrogens with zero attached hydrogens (tertiary/aromatic N) is 1. The average molecular weight is 347 g/mol. The predicted octanol–water partition coefficient (Wildman–Crippen LogP) is 4.28. The molecule has 0 bridgehead atoms. The van der Waals surface area contributed by atoms with Crippen LogP contribution in [0.3, 0.4) is 0 Å². The molecule has 0 fully saturated rings. The van der Waals surface area contributed by atoms with E-state index >= 15 is 0 Å². The molecule has 1 rings (SSSR count). The van der Waals surface area contributed by atoms with Crippen molar-refractivity contribution in [1.29, 1.82) is 0 Å². The van der Waals surface area contributed by atoms with E-state index < -0.39 is 0 Å². The van der Waals surface area contributed by atoms with Crippen LogP contribution in [0.5, 0.6) is 0 Å². The molecule has 4 heteroatoms. The van der Waals surface area contributed by atoms with Gasteiger partial charge in [-0.15, -0.1) is 11.3 Å². The lowest BCUT2D eigenvalue weighted by molar-refractivity contribution is 0.0631. The highest BCUT2D eigenvalue weighted by molar-refractivity contribution is 9.10. The second-order valence-electron chi connectivity index (χ2n) is 5.02. The molecule has 1 atom stereocenters. The van der Waals surface area contributed by atoms with E-state index in [2.05, 4.69) is 60.0 Å². The molecular formula is C15H27BrN2S. The number of halogens is 1. The van der Waals surface area contributed by atoms with Crippen LogP contribution < -0.4 is 5.73 Å². The minimum atomic E-state index is 0.125. The Hall–Kier alpha value is 0.1000. The molecule has 0 aromatic carbocycles. The Morgan fingerprint density at radius 3 is 2.21 bits per heavy atom. The van der Waals surface area contributed by atoms with Gasteiger partial charge in [0.2, 0.25) is 0 Å². The summed E-state index contributed by atoms with van der Waals surface area (Å²) < 4.78 is 1.17. The first-order valence-electron chi connectivity index (χ1n) is 7.27. The van der Waals surface area contributed by atoms with E-state index in [0.29, 0.717) is 0 Å². The summed E-state index contributed by atoms with van der Waals surface area (Å²) in [4.78, 5) is 3.91. The van der Waals surface area contributed by atoms with Crippen molar-refractivity contribution in [2.75, 3.05) is 13.1 Å². The summed E-state index contributed by atoms with van der Waals surface area (Å²) in [6.07, 6.45) is 3.19. The van der Waals surface area contributed by atoms with E-state index in [1.54, 1.807) is 11.3 Å². The molecule has 0 aliphatic carbocycles. The molecule has 1 heterocycles. The van der Waals surface area contributed by atoms with Gasteiger partial charge >= 0.3 is 0 Å². The molecule has 1 aromatic rings. The highest BCUT2D eigenvalue weighted by atomic mass is 79.9.